The molecule has 1 saturated heterocycles. The van der Waals surface area contributed by atoms with Crippen molar-refractivity contribution in [2.45, 2.75) is 37.4 Å². The Hall–Kier alpha value is -2.70. The fourth-order valence-electron chi connectivity index (χ4n) is 5.39. The summed E-state index contributed by atoms with van der Waals surface area (Å²) in [7, 11) is -8.92. The maximum absolute atomic E-state index is 12.2. The third kappa shape index (κ3) is 5.70. The Balaban J connectivity index is 1.24. The number of anilines is 2. The van der Waals surface area contributed by atoms with Crippen molar-refractivity contribution < 1.29 is 38.8 Å². The smallest absolute Gasteiger partial charge is 0.335 e. The van der Waals surface area contributed by atoms with Gasteiger partial charge in [0, 0.05) is 11.8 Å². The summed E-state index contributed by atoms with van der Waals surface area (Å²) in [5.41, 5.74) is 6.04. The molecular weight excluding hydrogens is 596 g/mol. The van der Waals surface area contributed by atoms with Gasteiger partial charge in [-0.2, -0.15) is 9.97 Å². The van der Waals surface area contributed by atoms with Crippen molar-refractivity contribution in [2.24, 2.45) is 0 Å². The Kier molecular flexibility index (Phi) is 7.30. The molecular formula is C25H26ClN5O8P2. The number of imidazole rings is 1. The van der Waals surface area contributed by atoms with Gasteiger partial charge < -0.3 is 34.9 Å². The molecule has 6 N–H and O–H groups in total. The van der Waals surface area contributed by atoms with Gasteiger partial charge in [0.15, 0.2) is 23.2 Å². The fourth-order valence-corrected chi connectivity index (χ4v) is 9.08. The number of benzene rings is 2. The Labute approximate surface area is 238 Å². The highest BCUT2D eigenvalue weighted by molar-refractivity contribution is 7.72. The molecule has 5 atom stereocenters. The summed E-state index contributed by atoms with van der Waals surface area (Å²) < 4.78 is 30.6. The topological polar surface area (TPSA) is 200 Å². The molecule has 2 aromatic carbocycles. The molecule has 2 unspecified atom stereocenters. The lowest BCUT2D eigenvalue weighted by atomic mass is 10.1. The van der Waals surface area contributed by atoms with E-state index in [2.05, 4.69) is 32.4 Å². The van der Waals surface area contributed by atoms with Gasteiger partial charge in [-0.15, -0.1) is 0 Å². The summed E-state index contributed by atoms with van der Waals surface area (Å²) in [6.07, 6.45) is -3.69. The van der Waals surface area contributed by atoms with Crippen LogP contribution in [0.2, 0.25) is 5.28 Å². The highest BCUT2D eigenvalue weighted by atomic mass is 35.5. The molecule has 2 aliphatic rings. The molecule has 0 spiro atoms. The lowest BCUT2D eigenvalue weighted by Crippen LogP contribution is -2.32. The van der Waals surface area contributed by atoms with Gasteiger partial charge in [0.2, 0.25) is 12.7 Å². The Morgan fingerprint density at radius 1 is 1.02 bits per heavy atom. The standard InChI is InChI=1S/C25H26ClN5O8P2/c26-25-29-22(28-15-6-5-14-9-13-3-1-2-4-16(13)17(14)10-15)19-23(30-25)31(11-27-19)24-21(33)20(32)18(39-24)7-8-40(34,35)12-41(36,37)38/h1-6,10-11,18,20-21,24,32-33H,7-9,12H2,(H,34,35)(H,28,29,30)(H2,36,37,38)/t18-,20+,21?,24-/m1/s1. The van der Waals surface area contributed by atoms with Crippen LogP contribution in [0.5, 0.6) is 0 Å². The number of aromatic nitrogens is 4. The summed E-state index contributed by atoms with van der Waals surface area (Å²) in [4.78, 5) is 41.0. The quantitative estimate of drug-likeness (QED) is 0.109. The molecule has 3 heterocycles. The first-order chi connectivity index (χ1) is 19.4. The number of halogens is 1. The van der Waals surface area contributed by atoms with Crippen molar-refractivity contribution in [1.82, 2.24) is 19.5 Å². The zero-order chi connectivity index (χ0) is 29.1. The number of nitrogens with zero attached hydrogens (tertiary/aromatic N) is 4. The summed E-state index contributed by atoms with van der Waals surface area (Å²) in [6.45, 7) is 0. The molecule has 0 amide bonds. The second kappa shape index (κ2) is 10.5. The molecule has 0 radical (unpaired) electrons. The maximum Gasteiger partial charge on any atom is 0.335 e. The van der Waals surface area contributed by atoms with Crippen LogP contribution in [0.15, 0.2) is 48.8 Å². The van der Waals surface area contributed by atoms with Crippen LogP contribution in [-0.2, 0) is 20.3 Å². The molecule has 6 rings (SSSR count). The van der Waals surface area contributed by atoms with Gasteiger partial charge in [-0.3, -0.25) is 13.7 Å². The van der Waals surface area contributed by atoms with E-state index < -0.39 is 51.6 Å². The van der Waals surface area contributed by atoms with Gasteiger partial charge in [0.1, 0.15) is 18.1 Å². The third-order valence-electron chi connectivity index (χ3n) is 7.23. The van der Waals surface area contributed by atoms with Crippen LogP contribution in [0.4, 0.5) is 11.5 Å². The van der Waals surface area contributed by atoms with E-state index in [0.29, 0.717) is 11.3 Å². The van der Waals surface area contributed by atoms with E-state index in [-0.39, 0.29) is 17.4 Å². The van der Waals surface area contributed by atoms with Crippen molar-refractivity contribution in [1.29, 1.82) is 0 Å². The minimum absolute atomic E-state index is 0.100. The summed E-state index contributed by atoms with van der Waals surface area (Å²) in [5.74, 6) is -0.865. The molecule has 0 bridgehead atoms. The molecule has 0 saturated carbocycles. The zero-order valence-corrected chi connectivity index (χ0v) is 23.8. The largest absolute Gasteiger partial charge is 0.388 e. The minimum atomic E-state index is -4.72. The molecule has 216 valence electrons. The number of hydrogen-bond donors (Lipinski definition) is 6. The molecule has 16 heteroatoms. The number of aliphatic hydroxyl groups is 2. The average Bonchev–Trinajstić information content (AvgIpc) is 3.55. The summed E-state index contributed by atoms with van der Waals surface area (Å²) >= 11 is 6.25. The predicted octanol–water partition coefficient (Wildman–Crippen LogP) is 3.21. The number of hydrogen-bond acceptors (Lipinski definition) is 9. The summed E-state index contributed by atoms with van der Waals surface area (Å²) in [5, 5.41) is 24.5. The Morgan fingerprint density at radius 2 is 1.78 bits per heavy atom. The van der Waals surface area contributed by atoms with Gasteiger partial charge in [0.05, 0.1) is 12.4 Å². The van der Waals surface area contributed by atoms with Crippen molar-refractivity contribution in [3.05, 3.63) is 65.2 Å². The number of aliphatic hydroxyl groups excluding tert-OH is 2. The first-order valence-electron chi connectivity index (χ1n) is 12.6. The fraction of sp³-hybridized carbons (Fsp3) is 0.320. The number of rotatable bonds is 8. The van der Waals surface area contributed by atoms with Crippen LogP contribution < -0.4 is 5.32 Å². The first kappa shape index (κ1) is 28.4. The average molecular weight is 622 g/mol. The van der Waals surface area contributed by atoms with Crippen molar-refractivity contribution in [3.63, 3.8) is 0 Å². The van der Waals surface area contributed by atoms with Crippen LogP contribution in [0.1, 0.15) is 23.8 Å². The number of nitrogens with one attached hydrogen (secondary N) is 1. The first-order valence-corrected chi connectivity index (χ1v) is 16.8. The predicted molar refractivity (Wildman–Crippen MR) is 150 cm³/mol. The van der Waals surface area contributed by atoms with Crippen molar-refractivity contribution >= 4 is 49.2 Å². The van der Waals surface area contributed by atoms with E-state index in [0.717, 1.165) is 17.7 Å². The van der Waals surface area contributed by atoms with Crippen LogP contribution >= 0.6 is 26.6 Å². The second-order valence-corrected chi connectivity index (χ2v) is 15.1. The van der Waals surface area contributed by atoms with Gasteiger partial charge in [-0.05, 0) is 58.8 Å². The van der Waals surface area contributed by atoms with E-state index >= 15 is 0 Å². The Morgan fingerprint density at radius 3 is 2.56 bits per heavy atom. The SMILES string of the molecule is O=P(O)(O)CP(=O)(O)CC[C@H]1O[C@@H](n2cnc3c(Nc4ccc5c(c4)-c4ccccc4C5)nc(Cl)nc32)C(O)[C@H]1O. The van der Waals surface area contributed by atoms with E-state index in [1.54, 1.807) is 0 Å². The molecule has 1 fully saturated rings. The van der Waals surface area contributed by atoms with E-state index in [4.69, 9.17) is 26.1 Å². The minimum Gasteiger partial charge on any atom is -0.388 e. The highest BCUT2D eigenvalue weighted by Gasteiger charge is 2.45. The lowest BCUT2D eigenvalue weighted by Gasteiger charge is -2.18. The van der Waals surface area contributed by atoms with Crippen LogP contribution in [0.3, 0.4) is 0 Å². The second-order valence-electron chi connectivity index (χ2n) is 10.2. The zero-order valence-electron chi connectivity index (χ0n) is 21.3. The van der Waals surface area contributed by atoms with Crippen molar-refractivity contribution in [3.8, 4) is 11.1 Å². The van der Waals surface area contributed by atoms with Gasteiger partial charge in [-0.25, -0.2) is 4.98 Å². The summed E-state index contributed by atoms with van der Waals surface area (Å²) in [6, 6.07) is 14.2. The van der Waals surface area contributed by atoms with E-state index in [1.807, 2.05) is 30.3 Å². The van der Waals surface area contributed by atoms with E-state index in [9.17, 15) is 24.2 Å². The molecule has 41 heavy (non-hydrogen) atoms. The van der Waals surface area contributed by atoms with Crippen LogP contribution in [0.25, 0.3) is 22.3 Å². The van der Waals surface area contributed by atoms with Gasteiger partial charge in [-0.1, -0.05) is 30.3 Å². The molecule has 1 aliphatic heterocycles. The third-order valence-corrected chi connectivity index (χ3v) is 11.6. The van der Waals surface area contributed by atoms with Gasteiger partial charge >= 0.3 is 7.60 Å². The van der Waals surface area contributed by atoms with Crippen LogP contribution in [-0.4, -0.2) is 74.8 Å². The lowest BCUT2D eigenvalue weighted by molar-refractivity contribution is -0.0354. The normalized spacial score (nSPS) is 23.4. The highest BCUT2D eigenvalue weighted by Crippen LogP contribution is 2.55. The number of ether oxygens (including phenoxy) is 1. The van der Waals surface area contributed by atoms with Crippen LogP contribution in [0, 0.1) is 0 Å². The molecule has 2 aromatic heterocycles. The molecule has 4 aromatic rings. The van der Waals surface area contributed by atoms with E-state index in [1.165, 1.54) is 27.6 Å². The molecule has 1 aliphatic carbocycles. The van der Waals surface area contributed by atoms with Crippen molar-refractivity contribution in [2.75, 3.05) is 17.4 Å². The number of fused-ring (bicyclic) bond motifs is 4. The molecule has 13 nitrogen and oxygen atoms in total. The van der Waals surface area contributed by atoms with Gasteiger partial charge in [0.25, 0.3) is 0 Å². The Bertz CT molecular complexity index is 1750. The monoisotopic (exact) mass is 621 g/mol. The maximum atomic E-state index is 12.2.